The van der Waals surface area contributed by atoms with Crippen LogP contribution in [0.3, 0.4) is 0 Å². The molecule has 0 aromatic carbocycles. The van der Waals surface area contributed by atoms with Gasteiger partial charge in [-0.05, 0) is 33.6 Å². The fraction of sp³-hybridized carbons (Fsp3) is 0.727. The number of hydrogen-bond donors (Lipinski definition) is 2. The van der Waals surface area contributed by atoms with E-state index in [4.69, 9.17) is 10.8 Å². The molecule has 0 aliphatic heterocycles. The lowest BCUT2D eigenvalue weighted by atomic mass is 10.0. The first-order valence-electron chi connectivity index (χ1n) is 5.08. The third-order valence-corrected chi connectivity index (χ3v) is 1.96. The minimum absolute atomic E-state index is 0.108. The van der Waals surface area contributed by atoms with Gasteiger partial charge in [0.1, 0.15) is 0 Å². The molecule has 14 heavy (non-hydrogen) atoms. The Morgan fingerprint density at radius 1 is 1.29 bits per heavy atom. The molecule has 0 fully saturated rings. The van der Waals surface area contributed by atoms with Crippen molar-refractivity contribution in [1.29, 1.82) is 10.8 Å². The number of aliphatic imine (C=N–C) groups is 1. The molecule has 0 rings (SSSR count). The summed E-state index contributed by atoms with van der Waals surface area (Å²) < 4.78 is 0. The summed E-state index contributed by atoms with van der Waals surface area (Å²) in [5.41, 5.74) is 1.72. The fourth-order valence-corrected chi connectivity index (χ4v) is 1.15. The molecule has 0 aromatic rings. The molecular weight excluding hydrogens is 174 g/mol. The number of hydrogen-bond acceptors (Lipinski definition) is 3. The second kappa shape index (κ2) is 6.46. The van der Waals surface area contributed by atoms with Crippen molar-refractivity contribution in [3.8, 4) is 0 Å². The van der Waals surface area contributed by atoms with Crippen molar-refractivity contribution in [3.05, 3.63) is 0 Å². The average molecular weight is 195 g/mol. The molecule has 0 heterocycles. The molecule has 0 amide bonds. The molecule has 0 bridgehead atoms. The Kier molecular flexibility index (Phi) is 6.00. The SMILES string of the molecule is CC(=N)CCC(=NC(C)C)C(C)C=N. The number of nitrogens with one attached hydrogen (secondary N) is 2. The second-order valence-corrected chi connectivity index (χ2v) is 3.95. The van der Waals surface area contributed by atoms with Crippen molar-refractivity contribution in [2.45, 2.75) is 46.6 Å². The van der Waals surface area contributed by atoms with E-state index in [0.29, 0.717) is 5.71 Å². The Labute approximate surface area is 86.7 Å². The zero-order valence-electron chi connectivity index (χ0n) is 9.59. The molecule has 0 saturated heterocycles. The largest absolute Gasteiger partial charge is 0.312 e. The summed E-state index contributed by atoms with van der Waals surface area (Å²) in [6.07, 6.45) is 2.98. The van der Waals surface area contributed by atoms with Crippen LogP contribution in [0.15, 0.2) is 4.99 Å². The Hall–Kier alpha value is -0.990. The highest BCUT2D eigenvalue weighted by Crippen LogP contribution is 2.06. The Bertz CT molecular complexity index is 229. The van der Waals surface area contributed by atoms with Crippen LogP contribution in [0, 0.1) is 16.7 Å². The quantitative estimate of drug-likeness (QED) is 0.612. The van der Waals surface area contributed by atoms with E-state index < -0.39 is 0 Å². The monoisotopic (exact) mass is 195 g/mol. The van der Waals surface area contributed by atoms with Crippen molar-refractivity contribution in [2.24, 2.45) is 10.9 Å². The molecular formula is C11H21N3. The van der Waals surface area contributed by atoms with E-state index in [1.165, 1.54) is 6.21 Å². The molecule has 0 aromatic heterocycles. The lowest BCUT2D eigenvalue weighted by Gasteiger charge is -2.11. The first kappa shape index (κ1) is 13.0. The third kappa shape index (κ3) is 5.62. The summed E-state index contributed by atoms with van der Waals surface area (Å²) in [5, 5.41) is 14.6. The predicted molar refractivity (Wildman–Crippen MR) is 63.2 cm³/mol. The van der Waals surface area contributed by atoms with Gasteiger partial charge >= 0.3 is 0 Å². The van der Waals surface area contributed by atoms with E-state index in [-0.39, 0.29) is 12.0 Å². The lowest BCUT2D eigenvalue weighted by molar-refractivity contribution is 0.810. The smallest absolute Gasteiger partial charge is 0.0442 e. The van der Waals surface area contributed by atoms with Crippen LogP contribution >= 0.6 is 0 Å². The van der Waals surface area contributed by atoms with Crippen LogP contribution in [-0.4, -0.2) is 23.7 Å². The molecule has 1 atom stereocenters. The Morgan fingerprint density at radius 3 is 2.21 bits per heavy atom. The van der Waals surface area contributed by atoms with Gasteiger partial charge in [0, 0.05) is 29.6 Å². The van der Waals surface area contributed by atoms with Gasteiger partial charge in [0.05, 0.1) is 0 Å². The highest BCUT2D eigenvalue weighted by atomic mass is 14.8. The normalized spacial score (nSPS) is 14.2. The third-order valence-electron chi connectivity index (χ3n) is 1.96. The highest BCUT2D eigenvalue weighted by molar-refractivity contribution is 5.99. The topological polar surface area (TPSA) is 60.1 Å². The maximum Gasteiger partial charge on any atom is 0.0442 e. The minimum atomic E-state index is 0.108. The zero-order chi connectivity index (χ0) is 11.1. The summed E-state index contributed by atoms with van der Waals surface area (Å²) in [4.78, 5) is 4.49. The van der Waals surface area contributed by atoms with E-state index in [1.54, 1.807) is 0 Å². The zero-order valence-corrected chi connectivity index (χ0v) is 9.59. The highest BCUT2D eigenvalue weighted by Gasteiger charge is 2.08. The maximum absolute atomic E-state index is 7.36. The molecule has 0 aliphatic carbocycles. The molecule has 1 unspecified atom stereocenters. The molecule has 0 aliphatic rings. The first-order chi connectivity index (χ1) is 6.47. The van der Waals surface area contributed by atoms with Gasteiger partial charge < -0.3 is 10.8 Å². The van der Waals surface area contributed by atoms with Gasteiger partial charge in [-0.1, -0.05) is 6.92 Å². The van der Waals surface area contributed by atoms with Gasteiger partial charge in [-0.2, -0.15) is 0 Å². The first-order valence-corrected chi connectivity index (χ1v) is 5.08. The van der Waals surface area contributed by atoms with Crippen molar-refractivity contribution < 1.29 is 0 Å². The van der Waals surface area contributed by atoms with Gasteiger partial charge in [0.15, 0.2) is 0 Å². The molecule has 3 nitrogen and oxygen atoms in total. The standard InChI is InChI=1S/C11H21N3/c1-8(2)14-11(9(3)7-12)6-5-10(4)13/h7-9,12-13H,5-6H2,1-4H3. The predicted octanol–water partition coefficient (Wildman–Crippen LogP) is 2.94. The van der Waals surface area contributed by atoms with Crippen molar-refractivity contribution in [1.82, 2.24) is 0 Å². The van der Waals surface area contributed by atoms with E-state index in [0.717, 1.165) is 18.6 Å². The number of rotatable bonds is 6. The van der Waals surface area contributed by atoms with Crippen LogP contribution < -0.4 is 0 Å². The Balaban J connectivity index is 4.40. The van der Waals surface area contributed by atoms with Crippen LogP contribution in [0.4, 0.5) is 0 Å². The van der Waals surface area contributed by atoms with E-state index in [9.17, 15) is 0 Å². The van der Waals surface area contributed by atoms with Crippen LogP contribution in [0.25, 0.3) is 0 Å². The van der Waals surface area contributed by atoms with Gasteiger partial charge in [-0.3, -0.25) is 4.99 Å². The molecule has 3 heteroatoms. The molecule has 2 N–H and O–H groups in total. The summed E-state index contributed by atoms with van der Waals surface area (Å²) in [7, 11) is 0. The van der Waals surface area contributed by atoms with Crippen LogP contribution in [0.1, 0.15) is 40.5 Å². The minimum Gasteiger partial charge on any atom is -0.312 e. The van der Waals surface area contributed by atoms with Gasteiger partial charge in [0.25, 0.3) is 0 Å². The fourth-order valence-electron chi connectivity index (χ4n) is 1.15. The summed E-state index contributed by atoms with van der Waals surface area (Å²) in [5.74, 6) is 0.108. The van der Waals surface area contributed by atoms with Crippen LogP contribution in [0.5, 0.6) is 0 Å². The van der Waals surface area contributed by atoms with Gasteiger partial charge in [-0.15, -0.1) is 0 Å². The molecule has 0 saturated carbocycles. The van der Waals surface area contributed by atoms with E-state index in [1.807, 2.05) is 27.7 Å². The summed E-state index contributed by atoms with van der Waals surface area (Å²) in [6, 6.07) is 0.276. The van der Waals surface area contributed by atoms with Crippen molar-refractivity contribution in [2.75, 3.05) is 0 Å². The summed E-state index contributed by atoms with van der Waals surface area (Å²) >= 11 is 0. The van der Waals surface area contributed by atoms with E-state index in [2.05, 4.69) is 4.99 Å². The average Bonchev–Trinajstić information content (AvgIpc) is 2.10. The molecule has 80 valence electrons. The second-order valence-electron chi connectivity index (χ2n) is 3.95. The van der Waals surface area contributed by atoms with Crippen molar-refractivity contribution >= 4 is 17.6 Å². The van der Waals surface area contributed by atoms with E-state index >= 15 is 0 Å². The molecule has 0 radical (unpaired) electrons. The maximum atomic E-state index is 7.36. The van der Waals surface area contributed by atoms with Gasteiger partial charge in [-0.25, -0.2) is 0 Å². The molecule has 0 spiro atoms. The van der Waals surface area contributed by atoms with Crippen molar-refractivity contribution in [3.63, 3.8) is 0 Å². The van der Waals surface area contributed by atoms with Crippen LogP contribution in [0.2, 0.25) is 0 Å². The van der Waals surface area contributed by atoms with Gasteiger partial charge in [0.2, 0.25) is 0 Å². The number of nitrogens with zero attached hydrogens (tertiary/aromatic N) is 1. The lowest BCUT2D eigenvalue weighted by Crippen LogP contribution is -2.15. The summed E-state index contributed by atoms with van der Waals surface area (Å²) in [6.45, 7) is 7.86. The Morgan fingerprint density at radius 2 is 1.86 bits per heavy atom. The van der Waals surface area contributed by atoms with Crippen LogP contribution in [-0.2, 0) is 0 Å².